The van der Waals surface area contributed by atoms with Crippen molar-refractivity contribution in [2.75, 3.05) is 0 Å². The Balaban J connectivity index is 1.94. The molecule has 0 aliphatic carbocycles. The van der Waals surface area contributed by atoms with E-state index in [0.717, 1.165) is 11.1 Å². The molecule has 0 aliphatic rings. The van der Waals surface area contributed by atoms with E-state index >= 15 is 0 Å². The summed E-state index contributed by atoms with van der Waals surface area (Å²) in [7, 11) is 1.57. The molecule has 0 saturated heterocycles. The quantitative estimate of drug-likeness (QED) is 0.500. The lowest BCUT2D eigenvalue weighted by Crippen LogP contribution is -2.23. The summed E-state index contributed by atoms with van der Waals surface area (Å²) in [6, 6.07) is 10.7. The molecule has 27 heavy (non-hydrogen) atoms. The first-order valence-electron chi connectivity index (χ1n) is 8.73. The molecule has 0 radical (unpaired) electrons. The molecule has 0 spiro atoms. The zero-order valence-electron chi connectivity index (χ0n) is 15.7. The van der Waals surface area contributed by atoms with E-state index in [1.54, 1.807) is 31.3 Å². The highest BCUT2D eigenvalue weighted by atomic mass is 35.5. The van der Waals surface area contributed by atoms with Gasteiger partial charge in [0.2, 0.25) is 0 Å². The third-order valence-electron chi connectivity index (χ3n) is 4.48. The van der Waals surface area contributed by atoms with Crippen LogP contribution >= 0.6 is 11.6 Å². The average Bonchev–Trinajstić information content (AvgIpc) is 2.62. The maximum Gasteiger partial charge on any atom is 0.317 e. The van der Waals surface area contributed by atoms with Gasteiger partial charge in [0.1, 0.15) is 5.75 Å². The SMILES string of the molecule is Cc1cc(OC(=O)Cc2nn(C)c(=O)c3ccccc23)c(C(C)C)cc1Cl. The van der Waals surface area contributed by atoms with Gasteiger partial charge in [-0.05, 0) is 42.2 Å². The number of hydrogen-bond acceptors (Lipinski definition) is 4. The lowest BCUT2D eigenvalue weighted by molar-refractivity contribution is -0.133. The van der Waals surface area contributed by atoms with Crippen LogP contribution in [0.15, 0.2) is 41.2 Å². The standard InChI is InChI=1S/C21H21ClN2O3/c1-12(2)16-10-17(22)13(3)9-19(16)27-20(25)11-18-14-7-5-6-8-15(14)21(26)24(4)23-18/h5-10,12H,11H2,1-4H3. The number of aromatic nitrogens is 2. The molecular formula is C21H21ClN2O3. The van der Waals surface area contributed by atoms with Gasteiger partial charge in [-0.1, -0.05) is 43.6 Å². The van der Waals surface area contributed by atoms with E-state index in [-0.39, 0.29) is 17.9 Å². The second-order valence-electron chi connectivity index (χ2n) is 6.87. The predicted molar refractivity (Wildman–Crippen MR) is 107 cm³/mol. The number of fused-ring (bicyclic) bond motifs is 1. The van der Waals surface area contributed by atoms with Crippen LogP contribution in [-0.4, -0.2) is 15.7 Å². The minimum atomic E-state index is -0.435. The van der Waals surface area contributed by atoms with Crippen LogP contribution in [0.25, 0.3) is 10.8 Å². The summed E-state index contributed by atoms with van der Waals surface area (Å²) < 4.78 is 6.89. The molecule has 140 valence electrons. The molecule has 1 heterocycles. The number of nitrogens with zero attached hydrogens (tertiary/aromatic N) is 2. The summed E-state index contributed by atoms with van der Waals surface area (Å²) in [4.78, 5) is 24.8. The lowest BCUT2D eigenvalue weighted by Gasteiger charge is -2.15. The van der Waals surface area contributed by atoms with Crippen molar-refractivity contribution in [2.24, 2.45) is 7.05 Å². The number of ether oxygens (including phenoxy) is 1. The number of rotatable bonds is 4. The minimum absolute atomic E-state index is 0.0339. The van der Waals surface area contributed by atoms with E-state index < -0.39 is 5.97 Å². The van der Waals surface area contributed by atoms with E-state index in [9.17, 15) is 9.59 Å². The van der Waals surface area contributed by atoms with Gasteiger partial charge < -0.3 is 4.74 Å². The van der Waals surface area contributed by atoms with Crippen LogP contribution in [0.1, 0.15) is 36.6 Å². The predicted octanol–water partition coefficient (Wildman–Crippen LogP) is 4.17. The number of esters is 1. The van der Waals surface area contributed by atoms with Gasteiger partial charge in [-0.15, -0.1) is 0 Å². The van der Waals surface area contributed by atoms with Crippen LogP contribution in [-0.2, 0) is 18.3 Å². The molecule has 5 nitrogen and oxygen atoms in total. The molecule has 0 N–H and O–H groups in total. The topological polar surface area (TPSA) is 61.2 Å². The van der Waals surface area contributed by atoms with Gasteiger partial charge in [-0.2, -0.15) is 5.10 Å². The fourth-order valence-electron chi connectivity index (χ4n) is 3.01. The number of benzene rings is 2. The highest BCUT2D eigenvalue weighted by molar-refractivity contribution is 6.31. The van der Waals surface area contributed by atoms with Crippen LogP contribution in [0.4, 0.5) is 0 Å². The Morgan fingerprint density at radius 3 is 2.56 bits per heavy atom. The minimum Gasteiger partial charge on any atom is -0.426 e. The Bertz CT molecular complexity index is 1090. The molecule has 1 aromatic heterocycles. The van der Waals surface area contributed by atoms with Crippen molar-refractivity contribution in [1.29, 1.82) is 0 Å². The highest BCUT2D eigenvalue weighted by Crippen LogP contribution is 2.32. The Kier molecular flexibility index (Phi) is 5.33. The lowest BCUT2D eigenvalue weighted by atomic mass is 10.0. The fourth-order valence-corrected chi connectivity index (χ4v) is 3.18. The van der Waals surface area contributed by atoms with Gasteiger partial charge in [-0.25, -0.2) is 4.68 Å². The Morgan fingerprint density at radius 2 is 1.89 bits per heavy atom. The largest absolute Gasteiger partial charge is 0.426 e. The maximum atomic E-state index is 12.6. The van der Waals surface area contributed by atoms with E-state index in [0.29, 0.717) is 27.2 Å². The van der Waals surface area contributed by atoms with Crippen LogP contribution in [0.3, 0.4) is 0 Å². The summed E-state index contributed by atoms with van der Waals surface area (Å²) in [5, 5.41) is 6.09. The third kappa shape index (κ3) is 3.88. The van der Waals surface area contributed by atoms with Gasteiger partial charge >= 0.3 is 5.97 Å². The first-order valence-corrected chi connectivity index (χ1v) is 9.11. The molecule has 0 aliphatic heterocycles. The molecule has 2 aromatic carbocycles. The first-order chi connectivity index (χ1) is 12.8. The van der Waals surface area contributed by atoms with Crippen molar-refractivity contribution < 1.29 is 9.53 Å². The van der Waals surface area contributed by atoms with E-state index in [4.69, 9.17) is 16.3 Å². The van der Waals surface area contributed by atoms with Crippen LogP contribution in [0.2, 0.25) is 5.02 Å². The number of halogens is 1. The van der Waals surface area contributed by atoms with E-state index in [2.05, 4.69) is 5.10 Å². The maximum absolute atomic E-state index is 12.6. The summed E-state index contributed by atoms with van der Waals surface area (Å²) in [6.07, 6.45) is -0.0339. The van der Waals surface area contributed by atoms with Crippen molar-refractivity contribution in [2.45, 2.75) is 33.1 Å². The molecule has 0 fully saturated rings. The van der Waals surface area contributed by atoms with Gasteiger partial charge in [-0.3, -0.25) is 9.59 Å². The van der Waals surface area contributed by atoms with E-state index in [1.165, 1.54) is 4.68 Å². The molecule has 0 saturated carbocycles. The monoisotopic (exact) mass is 384 g/mol. The Labute approximate surface area is 162 Å². The highest BCUT2D eigenvalue weighted by Gasteiger charge is 2.17. The van der Waals surface area contributed by atoms with Crippen molar-refractivity contribution in [3.8, 4) is 5.75 Å². The fraction of sp³-hybridized carbons (Fsp3) is 0.286. The summed E-state index contributed by atoms with van der Waals surface area (Å²) >= 11 is 6.21. The number of hydrogen-bond donors (Lipinski definition) is 0. The summed E-state index contributed by atoms with van der Waals surface area (Å²) in [6.45, 7) is 5.90. The number of aryl methyl sites for hydroxylation is 2. The van der Waals surface area contributed by atoms with Crippen LogP contribution < -0.4 is 10.3 Å². The second-order valence-corrected chi connectivity index (χ2v) is 7.27. The average molecular weight is 385 g/mol. The normalized spacial score (nSPS) is 11.2. The van der Waals surface area contributed by atoms with Gasteiger partial charge in [0.25, 0.3) is 5.56 Å². The Morgan fingerprint density at radius 1 is 1.22 bits per heavy atom. The van der Waals surface area contributed by atoms with Gasteiger partial charge in [0, 0.05) is 17.5 Å². The Hall–Kier alpha value is -2.66. The smallest absolute Gasteiger partial charge is 0.317 e. The molecule has 6 heteroatoms. The zero-order valence-corrected chi connectivity index (χ0v) is 16.5. The zero-order chi connectivity index (χ0) is 19.7. The number of carbonyl (C=O) groups excluding carboxylic acids is 1. The summed E-state index contributed by atoms with van der Waals surface area (Å²) in [5.74, 6) is 0.225. The van der Waals surface area contributed by atoms with Crippen molar-refractivity contribution in [1.82, 2.24) is 9.78 Å². The van der Waals surface area contributed by atoms with Crippen molar-refractivity contribution in [3.05, 3.63) is 68.6 Å². The third-order valence-corrected chi connectivity index (χ3v) is 4.89. The number of carbonyl (C=O) groups is 1. The molecule has 0 bridgehead atoms. The van der Waals surface area contributed by atoms with Crippen molar-refractivity contribution >= 4 is 28.3 Å². The van der Waals surface area contributed by atoms with Crippen molar-refractivity contribution in [3.63, 3.8) is 0 Å². The van der Waals surface area contributed by atoms with Gasteiger partial charge in [0.15, 0.2) is 0 Å². The first kappa shape index (κ1) is 19.1. The molecule has 3 aromatic rings. The summed E-state index contributed by atoms with van der Waals surface area (Å²) in [5.41, 5.74) is 2.03. The molecule has 0 atom stereocenters. The molecule has 0 amide bonds. The van der Waals surface area contributed by atoms with Gasteiger partial charge in [0.05, 0.1) is 17.5 Å². The molecule has 3 rings (SSSR count). The van der Waals surface area contributed by atoms with Crippen LogP contribution in [0, 0.1) is 6.92 Å². The molecular weight excluding hydrogens is 364 g/mol. The van der Waals surface area contributed by atoms with E-state index in [1.807, 2.05) is 32.9 Å². The second kappa shape index (κ2) is 7.53. The van der Waals surface area contributed by atoms with Crippen LogP contribution in [0.5, 0.6) is 5.75 Å². The molecule has 0 unspecified atom stereocenters.